The van der Waals surface area contributed by atoms with Crippen molar-refractivity contribution < 1.29 is 9.53 Å². The fourth-order valence-electron chi connectivity index (χ4n) is 6.42. The number of amides is 1. The molecule has 1 amide bonds. The predicted molar refractivity (Wildman–Crippen MR) is 184 cm³/mol. The van der Waals surface area contributed by atoms with Gasteiger partial charge in [-0.15, -0.1) is 10.2 Å². The Morgan fingerprint density at radius 1 is 0.894 bits per heavy atom. The number of pyridine rings is 1. The number of carbonyl (C=O) groups is 1. The summed E-state index contributed by atoms with van der Waals surface area (Å²) in [5, 5.41) is 13.9. The van der Waals surface area contributed by atoms with Gasteiger partial charge in [-0.05, 0) is 66.3 Å². The number of nitrogens with one attached hydrogen (secondary N) is 2. The number of hydrogen-bond donors (Lipinski definition) is 2. The van der Waals surface area contributed by atoms with Crippen molar-refractivity contribution in [1.29, 1.82) is 0 Å². The van der Waals surface area contributed by atoms with Crippen molar-refractivity contribution in [1.82, 2.24) is 30.0 Å². The Labute approximate surface area is 274 Å². The Morgan fingerprint density at radius 2 is 1.68 bits per heavy atom. The van der Waals surface area contributed by atoms with E-state index < -0.39 is 6.04 Å². The molecule has 238 valence electrons. The van der Waals surface area contributed by atoms with E-state index in [0.717, 1.165) is 58.8 Å². The highest BCUT2D eigenvalue weighted by molar-refractivity contribution is 5.93. The van der Waals surface area contributed by atoms with Crippen LogP contribution in [0.5, 0.6) is 5.75 Å². The third-order valence-electron chi connectivity index (χ3n) is 9.00. The molecule has 3 aromatic heterocycles. The molecule has 0 spiro atoms. The number of H-pyrrole nitrogens is 1. The van der Waals surface area contributed by atoms with Crippen LogP contribution in [0.4, 0.5) is 5.69 Å². The van der Waals surface area contributed by atoms with Gasteiger partial charge in [-0.2, -0.15) is 0 Å². The number of carbonyl (C=O) groups excluding carboxylic acids is 1. The number of para-hydroxylation sites is 1. The summed E-state index contributed by atoms with van der Waals surface area (Å²) in [5.74, 6) is 2.13. The van der Waals surface area contributed by atoms with Crippen molar-refractivity contribution in [3.8, 4) is 5.75 Å². The molecule has 0 saturated carbocycles. The lowest BCUT2D eigenvalue weighted by Crippen LogP contribution is -2.33. The van der Waals surface area contributed by atoms with E-state index in [-0.39, 0.29) is 5.91 Å². The van der Waals surface area contributed by atoms with Gasteiger partial charge in [0.05, 0.1) is 31.6 Å². The van der Waals surface area contributed by atoms with Crippen LogP contribution in [0.1, 0.15) is 57.7 Å². The second-order valence-electron chi connectivity index (χ2n) is 12.1. The van der Waals surface area contributed by atoms with Gasteiger partial charge in [0.25, 0.3) is 5.91 Å². The van der Waals surface area contributed by atoms with Crippen molar-refractivity contribution in [2.24, 2.45) is 0 Å². The van der Waals surface area contributed by atoms with E-state index in [1.54, 1.807) is 7.11 Å². The van der Waals surface area contributed by atoms with Crippen molar-refractivity contribution in [3.63, 3.8) is 0 Å². The number of methoxy groups -OCH3 is 1. The maximum Gasteiger partial charge on any atom is 0.270 e. The first-order valence-electron chi connectivity index (χ1n) is 16.3. The molecule has 0 aliphatic carbocycles. The van der Waals surface area contributed by atoms with E-state index in [1.807, 2.05) is 54.9 Å². The molecule has 1 aliphatic heterocycles. The summed E-state index contributed by atoms with van der Waals surface area (Å²) >= 11 is 0. The Kier molecular flexibility index (Phi) is 8.94. The molecule has 0 bridgehead atoms. The third-order valence-corrected chi connectivity index (χ3v) is 9.00. The number of aromatic nitrogens is 5. The van der Waals surface area contributed by atoms with E-state index in [9.17, 15) is 4.79 Å². The quantitative estimate of drug-likeness (QED) is 0.165. The number of fused-ring (bicyclic) bond motifs is 1. The molecule has 7 rings (SSSR count). The zero-order valence-electron chi connectivity index (χ0n) is 26.6. The molecule has 1 atom stereocenters. The number of aromatic amines is 1. The Balaban J connectivity index is 1.23. The molecule has 3 aromatic carbocycles. The second-order valence-corrected chi connectivity index (χ2v) is 12.1. The maximum atomic E-state index is 13.8. The number of anilines is 1. The molecule has 9 heteroatoms. The lowest BCUT2D eigenvalue weighted by molar-refractivity contribution is 0.0929. The first-order chi connectivity index (χ1) is 23.1. The van der Waals surface area contributed by atoms with Crippen LogP contribution in [0.25, 0.3) is 10.9 Å². The summed E-state index contributed by atoms with van der Waals surface area (Å²) in [6.07, 6.45) is 8.26. The molecule has 0 radical (unpaired) electrons. The third kappa shape index (κ3) is 6.89. The summed E-state index contributed by atoms with van der Waals surface area (Å²) in [5.41, 5.74) is 5.89. The van der Waals surface area contributed by atoms with E-state index in [0.29, 0.717) is 30.9 Å². The minimum absolute atomic E-state index is 0.243. The molecule has 6 aromatic rings. The zero-order chi connectivity index (χ0) is 32.0. The first-order valence-corrected chi connectivity index (χ1v) is 16.3. The van der Waals surface area contributed by atoms with Crippen LogP contribution in [0.15, 0.2) is 103 Å². The number of rotatable bonds is 12. The summed E-state index contributed by atoms with van der Waals surface area (Å²) in [7, 11) is 1.67. The largest absolute Gasteiger partial charge is 0.497 e. The first kappa shape index (κ1) is 30.2. The van der Waals surface area contributed by atoms with Gasteiger partial charge in [-0.3, -0.25) is 4.79 Å². The number of ether oxygens (including phenoxy) is 1. The van der Waals surface area contributed by atoms with Crippen LogP contribution < -0.4 is 15.0 Å². The standard InChI is InChI=1S/C38H39N7O2/c1-47-31-17-13-28(14-18-31)26-45-36(20-15-27-9-3-2-4-10-27)42-43-37(45)35(23-29-24-39-33-12-6-5-11-32(29)33)41-38(46)34-19-16-30(25-40-34)44-21-7-8-22-44/h2-6,9-14,16-19,24-25,35,39H,7-8,15,20-23,26H2,1H3,(H,41,46)/t35-/m1/s1. The van der Waals surface area contributed by atoms with Gasteiger partial charge in [0.2, 0.25) is 0 Å². The second kappa shape index (κ2) is 13.9. The highest BCUT2D eigenvalue weighted by Gasteiger charge is 2.26. The molecule has 2 N–H and O–H groups in total. The van der Waals surface area contributed by atoms with Crippen molar-refractivity contribution in [3.05, 3.63) is 137 Å². The molecule has 47 heavy (non-hydrogen) atoms. The van der Waals surface area contributed by atoms with Crippen molar-refractivity contribution in [2.45, 2.75) is 44.7 Å². The fourth-order valence-corrected chi connectivity index (χ4v) is 6.42. The lowest BCUT2D eigenvalue weighted by atomic mass is 10.0. The highest BCUT2D eigenvalue weighted by atomic mass is 16.5. The number of nitrogens with zero attached hydrogens (tertiary/aromatic N) is 5. The number of hydrogen-bond acceptors (Lipinski definition) is 6. The fraction of sp³-hybridized carbons (Fsp3) is 0.263. The molecule has 9 nitrogen and oxygen atoms in total. The smallest absolute Gasteiger partial charge is 0.270 e. The normalized spacial score (nSPS) is 13.6. The van der Waals surface area contributed by atoms with E-state index >= 15 is 0 Å². The van der Waals surface area contributed by atoms with E-state index in [4.69, 9.17) is 14.9 Å². The van der Waals surface area contributed by atoms with Crippen LogP contribution in [0.2, 0.25) is 0 Å². The van der Waals surface area contributed by atoms with Crippen LogP contribution in [-0.2, 0) is 25.8 Å². The molecule has 1 fully saturated rings. The molecule has 1 aliphatic rings. The van der Waals surface area contributed by atoms with Gasteiger partial charge in [0, 0.05) is 43.0 Å². The average Bonchev–Trinajstić information content (AvgIpc) is 3.89. The van der Waals surface area contributed by atoms with Gasteiger partial charge in [-0.1, -0.05) is 60.7 Å². The SMILES string of the molecule is COc1ccc(Cn2c(CCc3ccccc3)nnc2[C@@H](Cc2c[nH]c3ccccc23)NC(=O)c2ccc(N3CCCC3)cn2)cc1. The average molecular weight is 626 g/mol. The zero-order valence-corrected chi connectivity index (χ0v) is 26.6. The molecule has 1 saturated heterocycles. The van der Waals surface area contributed by atoms with Crippen LogP contribution in [0, 0.1) is 0 Å². The summed E-state index contributed by atoms with van der Waals surface area (Å²) < 4.78 is 7.56. The van der Waals surface area contributed by atoms with Crippen LogP contribution in [0.3, 0.4) is 0 Å². The van der Waals surface area contributed by atoms with Crippen LogP contribution in [-0.4, -0.2) is 50.8 Å². The lowest BCUT2D eigenvalue weighted by Gasteiger charge is -2.21. The predicted octanol–water partition coefficient (Wildman–Crippen LogP) is 6.31. The van der Waals surface area contributed by atoms with Gasteiger partial charge < -0.3 is 24.5 Å². The molecule has 0 unspecified atom stereocenters. The van der Waals surface area contributed by atoms with E-state index in [1.165, 1.54) is 18.4 Å². The Morgan fingerprint density at radius 3 is 2.45 bits per heavy atom. The summed E-state index contributed by atoms with van der Waals surface area (Å²) in [6, 6.07) is 30.0. The van der Waals surface area contributed by atoms with Gasteiger partial charge in [0.1, 0.15) is 17.3 Å². The van der Waals surface area contributed by atoms with E-state index in [2.05, 4.69) is 73.3 Å². The Bertz CT molecular complexity index is 1930. The van der Waals surface area contributed by atoms with Gasteiger partial charge >= 0.3 is 0 Å². The minimum atomic E-state index is -0.460. The monoisotopic (exact) mass is 625 g/mol. The number of aryl methyl sites for hydroxylation is 2. The minimum Gasteiger partial charge on any atom is -0.497 e. The van der Waals surface area contributed by atoms with Gasteiger partial charge in [-0.25, -0.2) is 4.98 Å². The molecule has 4 heterocycles. The highest BCUT2D eigenvalue weighted by Crippen LogP contribution is 2.27. The maximum absolute atomic E-state index is 13.8. The molecular formula is C38H39N7O2. The van der Waals surface area contributed by atoms with Crippen molar-refractivity contribution >= 4 is 22.5 Å². The number of benzene rings is 3. The molecular weight excluding hydrogens is 586 g/mol. The topological polar surface area (TPSA) is 101 Å². The van der Waals surface area contributed by atoms with Crippen molar-refractivity contribution in [2.75, 3.05) is 25.1 Å². The van der Waals surface area contributed by atoms with Crippen LogP contribution >= 0.6 is 0 Å². The van der Waals surface area contributed by atoms with Gasteiger partial charge in [0.15, 0.2) is 5.82 Å². The summed E-state index contributed by atoms with van der Waals surface area (Å²) in [6.45, 7) is 2.60. The summed E-state index contributed by atoms with van der Waals surface area (Å²) in [4.78, 5) is 24.1. The Hall–Kier alpha value is -5.44.